The molecule has 192 valence electrons. The molecule has 5 aromatic rings. The Morgan fingerprint density at radius 1 is 0.921 bits per heavy atom. The summed E-state index contributed by atoms with van der Waals surface area (Å²) in [5, 5.41) is 4.68. The van der Waals surface area contributed by atoms with Crippen molar-refractivity contribution in [3.63, 3.8) is 0 Å². The van der Waals surface area contributed by atoms with Crippen LogP contribution in [0.2, 0.25) is 0 Å². The van der Waals surface area contributed by atoms with Gasteiger partial charge in [0.15, 0.2) is 5.82 Å². The largest absolute Gasteiger partial charge is 0.376 e. The molecule has 6 rings (SSSR count). The van der Waals surface area contributed by atoms with E-state index in [1.54, 1.807) is 24.3 Å². The smallest absolute Gasteiger partial charge is 0.153 e. The molecule has 1 aliphatic heterocycles. The summed E-state index contributed by atoms with van der Waals surface area (Å²) in [5.41, 5.74) is 8.56. The first kappa shape index (κ1) is 24.2. The van der Waals surface area contributed by atoms with E-state index in [0.29, 0.717) is 6.42 Å². The Bertz CT molecular complexity index is 1610. The Labute approximate surface area is 221 Å². The highest BCUT2D eigenvalue weighted by molar-refractivity contribution is 5.93. The first-order chi connectivity index (χ1) is 18.4. The maximum Gasteiger partial charge on any atom is 0.153 e. The molecule has 0 spiro atoms. The number of H-pyrrole nitrogens is 1. The molecular formula is C32H30F2N4. The van der Waals surface area contributed by atoms with Gasteiger partial charge >= 0.3 is 0 Å². The molecule has 0 amide bonds. The summed E-state index contributed by atoms with van der Waals surface area (Å²) in [6, 6.07) is 23.5. The maximum absolute atomic E-state index is 14.1. The summed E-state index contributed by atoms with van der Waals surface area (Å²) in [6.45, 7) is 5.88. The molecule has 1 atom stereocenters. The van der Waals surface area contributed by atoms with Crippen molar-refractivity contribution in [3.05, 3.63) is 124 Å². The molecule has 0 saturated carbocycles. The Hall–Kier alpha value is -4.19. The summed E-state index contributed by atoms with van der Waals surface area (Å²) in [5.74, 6) is 0.368. The molecule has 2 N–H and O–H groups in total. The lowest BCUT2D eigenvalue weighted by atomic mass is 9.98. The fraction of sp³-hybridized carbons (Fsp3) is 0.219. The van der Waals surface area contributed by atoms with Gasteiger partial charge in [0.2, 0.25) is 0 Å². The van der Waals surface area contributed by atoms with Crippen LogP contribution in [0.3, 0.4) is 0 Å². The van der Waals surface area contributed by atoms with Gasteiger partial charge < -0.3 is 15.2 Å². The Morgan fingerprint density at radius 3 is 2.50 bits per heavy atom. The molecule has 0 saturated heterocycles. The first-order valence-corrected chi connectivity index (χ1v) is 13.0. The van der Waals surface area contributed by atoms with E-state index in [2.05, 4.69) is 59.4 Å². The van der Waals surface area contributed by atoms with E-state index >= 15 is 0 Å². The van der Waals surface area contributed by atoms with Crippen molar-refractivity contribution in [2.45, 2.75) is 39.3 Å². The van der Waals surface area contributed by atoms with Crippen LogP contribution >= 0.6 is 0 Å². The molecule has 0 aliphatic carbocycles. The molecule has 2 aromatic heterocycles. The van der Waals surface area contributed by atoms with Gasteiger partial charge in [0.05, 0.1) is 17.3 Å². The van der Waals surface area contributed by atoms with Crippen LogP contribution in [-0.4, -0.2) is 16.5 Å². The maximum atomic E-state index is 14.1. The normalized spacial score (nSPS) is 13.9. The third-order valence-electron chi connectivity index (χ3n) is 7.60. The number of nitrogens with one attached hydrogen (secondary N) is 2. The number of aryl methyl sites for hydroxylation is 2. The highest BCUT2D eigenvalue weighted by Crippen LogP contribution is 2.35. The van der Waals surface area contributed by atoms with Crippen LogP contribution in [0, 0.1) is 25.5 Å². The molecule has 0 radical (unpaired) electrons. The van der Waals surface area contributed by atoms with Gasteiger partial charge in [-0.05, 0) is 91.4 Å². The molecular weight excluding hydrogens is 478 g/mol. The zero-order valence-electron chi connectivity index (χ0n) is 21.6. The molecule has 4 nitrogen and oxygen atoms in total. The Balaban J connectivity index is 1.45. The summed E-state index contributed by atoms with van der Waals surface area (Å²) in [6.07, 6.45) is 1.49. The van der Waals surface area contributed by atoms with Crippen LogP contribution in [0.25, 0.3) is 10.9 Å². The van der Waals surface area contributed by atoms with Crippen LogP contribution in [0.1, 0.15) is 39.7 Å². The standard InChI is InChI=1S/C32H30F2N4/c1-20-21(2)35-31-28(20)18-30(37-32(31)38-15-14-23-7-3-4-8-24(23)19-38)29(17-22-6-5-9-26(34)16-22)36-27-12-10-25(33)11-13-27/h3-13,16,18,29,35-36H,14-15,17,19H2,1-2H3. The number of aromatic nitrogens is 2. The number of hydrogen-bond acceptors (Lipinski definition) is 3. The Morgan fingerprint density at radius 2 is 1.71 bits per heavy atom. The van der Waals surface area contributed by atoms with Gasteiger partial charge in [-0.2, -0.15) is 0 Å². The van der Waals surface area contributed by atoms with E-state index in [-0.39, 0.29) is 17.7 Å². The number of halogens is 2. The second-order valence-electron chi connectivity index (χ2n) is 10.1. The molecule has 1 aliphatic rings. The first-order valence-electron chi connectivity index (χ1n) is 13.0. The lowest BCUT2D eigenvalue weighted by Gasteiger charge is -2.31. The van der Waals surface area contributed by atoms with Gasteiger partial charge in [0.1, 0.15) is 11.6 Å². The number of anilines is 2. The third kappa shape index (κ3) is 4.74. The monoisotopic (exact) mass is 508 g/mol. The minimum absolute atomic E-state index is 0.253. The average Bonchev–Trinajstić information content (AvgIpc) is 3.22. The summed E-state index contributed by atoms with van der Waals surface area (Å²) >= 11 is 0. The van der Waals surface area contributed by atoms with E-state index in [0.717, 1.165) is 58.9 Å². The second-order valence-corrected chi connectivity index (χ2v) is 10.1. The predicted molar refractivity (Wildman–Crippen MR) is 150 cm³/mol. The van der Waals surface area contributed by atoms with E-state index in [4.69, 9.17) is 4.98 Å². The number of aromatic amines is 1. The topological polar surface area (TPSA) is 44.0 Å². The third-order valence-corrected chi connectivity index (χ3v) is 7.60. The van der Waals surface area contributed by atoms with Crippen LogP contribution in [-0.2, 0) is 19.4 Å². The van der Waals surface area contributed by atoms with Crippen LogP contribution in [0.4, 0.5) is 20.3 Å². The van der Waals surface area contributed by atoms with Crippen LogP contribution in [0.5, 0.6) is 0 Å². The van der Waals surface area contributed by atoms with Crippen molar-refractivity contribution in [1.29, 1.82) is 0 Å². The van der Waals surface area contributed by atoms with Gasteiger partial charge in [-0.1, -0.05) is 36.4 Å². The zero-order chi connectivity index (χ0) is 26.2. The van der Waals surface area contributed by atoms with Gasteiger partial charge in [0.25, 0.3) is 0 Å². The van der Waals surface area contributed by atoms with Crippen molar-refractivity contribution in [2.75, 3.05) is 16.8 Å². The lowest BCUT2D eigenvalue weighted by Crippen LogP contribution is -2.31. The molecule has 1 unspecified atom stereocenters. The highest BCUT2D eigenvalue weighted by atomic mass is 19.1. The van der Waals surface area contributed by atoms with E-state index in [1.807, 2.05) is 6.07 Å². The van der Waals surface area contributed by atoms with Crippen LogP contribution in [0.15, 0.2) is 78.9 Å². The summed E-state index contributed by atoms with van der Waals surface area (Å²) in [7, 11) is 0. The van der Waals surface area contributed by atoms with E-state index < -0.39 is 0 Å². The van der Waals surface area contributed by atoms with Crippen molar-refractivity contribution in [2.24, 2.45) is 0 Å². The summed E-state index contributed by atoms with van der Waals surface area (Å²) < 4.78 is 27.7. The fourth-order valence-electron chi connectivity index (χ4n) is 5.41. The molecule has 3 heterocycles. The minimum atomic E-state index is -0.289. The van der Waals surface area contributed by atoms with Crippen LogP contribution < -0.4 is 10.2 Å². The predicted octanol–water partition coefficient (Wildman–Crippen LogP) is 7.42. The summed E-state index contributed by atoms with van der Waals surface area (Å²) in [4.78, 5) is 11.2. The number of pyridine rings is 1. The number of benzene rings is 3. The van der Waals surface area contributed by atoms with E-state index in [1.165, 1.54) is 34.9 Å². The second kappa shape index (κ2) is 9.93. The molecule has 0 fully saturated rings. The van der Waals surface area contributed by atoms with Gasteiger partial charge in [-0.25, -0.2) is 13.8 Å². The number of nitrogens with zero attached hydrogens (tertiary/aromatic N) is 2. The van der Waals surface area contributed by atoms with Crippen molar-refractivity contribution in [1.82, 2.24) is 9.97 Å². The van der Waals surface area contributed by atoms with Gasteiger partial charge in [-0.15, -0.1) is 0 Å². The number of hydrogen-bond donors (Lipinski definition) is 2. The molecule has 0 bridgehead atoms. The number of fused-ring (bicyclic) bond motifs is 2. The molecule has 38 heavy (non-hydrogen) atoms. The highest BCUT2D eigenvalue weighted by Gasteiger charge is 2.24. The fourth-order valence-corrected chi connectivity index (χ4v) is 5.41. The quantitative estimate of drug-likeness (QED) is 0.251. The SMILES string of the molecule is Cc1[nH]c2c(N3CCc4ccccc4C3)nc(C(Cc3cccc(F)c3)Nc3ccc(F)cc3)cc2c1C. The minimum Gasteiger partial charge on any atom is -0.376 e. The molecule has 6 heteroatoms. The van der Waals surface area contributed by atoms with Gasteiger partial charge in [0, 0.05) is 29.9 Å². The van der Waals surface area contributed by atoms with E-state index in [9.17, 15) is 8.78 Å². The van der Waals surface area contributed by atoms with Gasteiger partial charge in [-0.3, -0.25) is 0 Å². The zero-order valence-corrected chi connectivity index (χ0v) is 21.6. The number of rotatable bonds is 6. The lowest BCUT2D eigenvalue weighted by molar-refractivity contribution is 0.622. The Kier molecular flexibility index (Phi) is 6.32. The van der Waals surface area contributed by atoms with Crippen molar-refractivity contribution < 1.29 is 8.78 Å². The van der Waals surface area contributed by atoms with Crippen molar-refractivity contribution in [3.8, 4) is 0 Å². The van der Waals surface area contributed by atoms with Crippen molar-refractivity contribution >= 4 is 22.4 Å². The molecule has 3 aromatic carbocycles. The average molecular weight is 509 g/mol.